The molecule has 2 aromatic carbocycles. The minimum absolute atomic E-state index is 0.0660. The van der Waals surface area contributed by atoms with Crippen molar-refractivity contribution in [3.63, 3.8) is 0 Å². The van der Waals surface area contributed by atoms with Crippen molar-refractivity contribution in [1.82, 2.24) is 25.4 Å². The molecule has 0 spiro atoms. The van der Waals surface area contributed by atoms with Crippen molar-refractivity contribution in [1.29, 1.82) is 0 Å². The summed E-state index contributed by atoms with van der Waals surface area (Å²) in [6.07, 6.45) is 1.46. The van der Waals surface area contributed by atoms with Crippen molar-refractivity contribution in [2.24, 2.45) is 5.92 Å². The molecule has 4 aromatic rings. The SMILES string of the molecule is CC(C)(C)NC(=O)C1CN(Cc2csc3ncccc23)CCN1CC(O)CC(Cc1ccccc1)C(=O)NC1c2ccccc2CC1O. The first-order valence-corrected chi connectivity index (χ1v) is 17.8. The van der Waals surface area contributed by atoms with E-state index in [-0.39, 0.29) is 24.8 Å². The number of carbonyl (C=O) groups excluding carboxylic acids is 2. The third kappa shape index (κ3) is 8.30. The van der Waals surface area contributed by atoms with Crippen LogP contribution in [0.5, 0.6) is 0 Å². The molecule has 10 heteroatoms. The highest BCUT2D eigenvalue weighted by Crippen LogP contribution is 2.32. The van der Waals surface area contributed by atoms with E-state index in [4.69, 9.17) is 0 Å². The number of fused-ring (bicyclic) bond motifs is 2. The van der Waals surface area contributed by atoms with Crippen LogP contribution in [-0.4, -0.2) is 86.8 Å². The Hall–Kier alpha value is -3.67. The third-order valence-corrected chi connectivity index (χ3v) is 10.4. The van der Waals surface area contributed by atoms with Gasteiger partial charge in [0, 0.05) is 62.2 Å². The molecule has 3 heterocycles. The van der Waals surface area contributed by atoms with Crippen LogP contribution in [-0.2, 0) is 29.0 Å². The van der Waals surface area contributed by atoms with Crippen LogP contribution >= 0.6 is 11.3 Å². The van der Waals surface area contributed by atoms with Gasteiger partial charge in [0.25, 0.3) is 0 Å². The van der Waals surface area contributed by atoms with Crippen LogP contribution in [0.15, 0.2) is 78.3 Å². The van der Waals surface area contributed by atoms with Gasteiger partial charge in [-0.15, -0.1) is 11.3 Å². The lowest BCUT2D eigenvalue weighted by Gasteiger charge is -2.42. The molecule has 5 atom stereocenters. The molecule has 1 fully saturated rings. The first-order chi connectivity index (χ1) is 23.0. The van der Waals surface area contributed by atoms with Gasteiger partial charge >= 0.3 is 0 Å². The molecular formula is C38H47N5O4S. The fourth-order valence-corrected chi connectivity index (χ4v) is 8.00. The van der Waals surface area contributed by atoms with Crippen LogP contribution in [0, 0.1) is 5.92 Å². The number of hydrogen-bond donors (Lipinski definition) is 4. The number of rotatable bonds is 11. The standard InChI is InChI=1S/C38H47N5O4S/c1-38(2,3)41-36(47)32-23-42(21-28-24-48-37-31(28)14-9-15-39-37)16-17-43(32)22-29(44)19-27(18-25-10-5-4-6-11-25)35(46)40-34-30-13-8-7-12-26(30)20-33(34)45/h4-15,24,27,29,32-34,44-45H,16-23H2,1-3H3,(H,40,46)(H,41,47). The van der Waals surface area contributed by atoms with E-state index in [9.17, 15) is 19.8 Å². The fraction of sp³-hybridized carbons (Fsp3) is 0.447. The lowest BCUT2D eigenvalue weighted by molar-refractivity contribution is -0.132. The highest BCUT2D eigenvalue weighted by molar-refractivity contribution is 7.16. The van der Waals surface area contributed by atoms with E-state index in [0.29, 0.717) is 25.9 Å². The number of hydrogen-bond acceptors (Lipinski definition) is 8. The number of thiophene rings is 1. The molecule has 0 bridgehead atoms. The van der Waals surface area contributed by atoms with Gasteiger partial charge in [0.2, 0.25) is 11.8 Å². The minimum atomic E-state index is -0.839. The summed E-state index contributed by atoms with van der Waals surface area (Å²) in [7, 11) is 0. The Balaban J connectivity index is 1.16. The van der Waals surface area contributed by atoms with Crippen molar-refractivity contribution in [3.05, 3.63) is 101 Å². The number of carbonyl (C=O) groups is 2. The van der Waals surface area contributed by atoms with Crippen LogP contribution in [0.25, 0.3) is 10.2 Å². The Kier molecular flexibility index (Phi) is 10.6. The molecule has 2 amide bonds. The van der Waals surface area contributed by atoms with Crippen LogP contribution in [0.1, 0.15) is 55.5 Å². The average molecular weight is 670 g/mol. The number of aromatic nitrogens is 1. The monoisotopic (exact) mass is 669 g/mol. The first kappa shape index (κ1) is 34.2. The van der Waals surface area contributed by atoms with Crippen LogP contribution in [0.2, 0.25) is 0 Å². The molecule has 254 valence electrons. The van der Waals surface area contributed by atoms with Gasteiger partial charge in [-0.2, -0.15) is 0 Å². The van der Waals surface area contributed by atoms with Crippen LogP contribution in [0.3, 0.4) is 0 Å². The van der Waals surface area contributed by atoms with Gasteiger partial charge in [0.05, 0.1) is 18.2 Å². The maximum absolute atomic E-state index is 13.9. The topological polar surface area (TPSA) is 118 Å². The van der Waals surface area contributed by atoms with Gasteiger partial charge in [-0.3, -0.25) is 19.4 Å². The van der Waals surface area contributed by atoms with Crippen LogP contribution in [0.4, 0.5) is 0 Å². The quantitative estimate of drug-likeness (QED) is 0.190. The van der Waals surface area contributed by atoms with Gasteiger partial charge in [-0.25, -0.2) is 4.98 Å². The van der Waals surface area contributed by atoms with Crippen molar-refractivity contribution in [3.8, 4) is 0 Å². The molecule has 4 N–H and O–H groups in total. The van der Waals surface area contributed by atoms with E-state index >= 15 is 0 Å². The smallest absolute Gasteiger partial charge is 0.239 e. The van der Waals surface area contributed by atoms with Crippen molar-refractivity contribution >= 4 is 33.4 Å². The van der Waals surface area contributed by atoms with Gasteiger partial charge in [-0.05, 0) is 67.3 Å². The Morgan fingerprint density at radius 1 is 1.04 bits per heavy atom. The van der Waals surface area contributed by atoms with E-state index in [1.54, 1.807) is 11.3 Å². The molecular weight excluding hydrogens is 623 g/mol. The highest BCUT2D eigenvalue weighted by atomic mass is 32.1. The van der Waals surface area contributed by atoms with Crippen molar-refractivity contribution < 1.29 is 19.8 Å². The summed E-state index contributed by atoms with van der Waals surface area (Å²) in [4.78, 5) is 37.5. The molecule has 48 heavy (non-hydrogen) atoms. The zero-order valence-electron chi connectivity index (χ0n) is 28.0. The van der Waals surface area contributed by atoms with E-state index in [2.05, 4.69) is 36.9 Å². The lowest BCUT2D eigenvalue weighted by Crippen LogP contribution is -2.61. The second-order valence-corrected chi connectivity index (χ2v) is 15.2. The maximum atomic E-state index is 13.9. The summed E-state index contributed by atoms with van der Waals surface area (Å²) < 4.78 is 0. The summed E-state index contributed by atoms with van der Waals surface area (Å²) in [5.41, 5.74) is 3.79. The molecule has 1 aliphatic carbocycles. The first-order valence-electron chi connectivity index (χ1n) is 16.9. The number of piperazine rings is 1. The van der Waals surface area contributed by atoms with Gasteiger partial charge in [0.15, 0.2) is 0 Å². The molecule has 6 rings (SSSR count). The number of amides is 2. The number of pyridine rings is 1. The van der Waals surface area contributed by atoms with E-state index < -0.39 is 35.7 Å². The summed E-state index contributed by atoms with van der Waals surface area (Å²) in [5.74, 6) is -0.780. The summed E-state index contributed by atoms with van der Waals surface area (Å²) in [6, 6.07) is 20.7. The number of β-amino-alcohol motifs (C(OH)–C–C–N with tert-alkyl or cyclic N) is 1. The molecule has 1 saturated heterocycles. The van der Waals surface area contributed by atoms with Crippen LogP contribution < -0.4 is 10.6 Å². The Labute approximate surface area is 287 Å². The predicted molar refractivity (Wildman–Crippen MR) is 189 cm³/mol. The van der Waals surface area contributed by atoms with E-state index in [0.717, 1.165) is 40.0 Å². The largest absolute Gasteiger partial charge is 0.392 e. The highest BCUT2D eigenvalue weighted by Gasteiger charge is 2.37. The molecule has 5 unspecified atom stereocenters. The van der Waals surface area contributed by atoms with Gasteiger partial charge in [-0.1, -0.05) is 60.7 Å². The predicted octanol–water partition coefficient (Wildman–Crippen LogP) is 4.08. The third-order valence-electron chi connectivity index (χ3n) is 9.40. The van der Waals surface area contributed by atoms with E-state index in [1.165, 1.54) is 5.56 Å². The summed E-state index contributed by atoms with van der Waals surface area (Å²) >= 11 is 1.63. The number of aliphatic hydroxyl groups excluding tert-OH is 2. The zero-order valence-corrected chi connectivity index (χ0v) is 28.8. The van der Waals surface area contributed by atoms with E-state index in [1.807, 2.05) is 87.6 Å². The number of nitrogens with one attached hydrogen (secondary N) is 2. The second kappa shape index (κ2) is 14.8. The molecule has 2 aliphatic rings. The van der Waals surface area contributed by atoms with Crippen molar-refractivity contribution in [2.45, 2.75) is 76.4 Å². The lowest BCUT2D eigenvalue weighted by atomic mass is 9.91. The zero-order chi connectivity index (χ0) is 33.8. The molecule has 2 aromatic heterocycles. The Morgan fingerprint density at radius 2 is 1.81 bits per heavy atom. The van der Waals surface area contributed by atoms with Gasteiger partial charge < -0.3 is 20.8 Å². The molecule has 0 radical (unpaired) electrons. The average Bonchev–Trinajstić information content (AvgIpc) is 3.60. The Morgan fingerprint density at radius 3 is 2.60 bits per heavy atom. The molecule has 0 saturated carbocycles. The Bertz CT molecular complexity index is 1710. The second-order valence-electron chi connectivity index (χ2n) is 14.3. The van der Waals surface area contributed by atoms with Crippen molar-refractivity contribution in [2.75, 3.05) is 26.2 Å². The minimum Gasteiger partial charge on any atom is -0.392 e. The number of aliphatic hydroxyl groups is 2. The summed E-state index contributed by atoms with van der Waals surface area (Å²) in [5, 5.41) is 32.0. The number of benzene rings is 2. The maximum Gasteiger partial charge on any atom is 0.239 e. The van der Waals surface area contributed by atoms with Gasteiger partial charge in [0.1, 0.15) is 10.9 Å². The molecule has 9 nitrogen and oxygen atoms in total. The summed E-state index contributed by atoms with van der Waals surface area (Å²) in [6.45, 7) is 8.80. The fourth-order valence-electron chi connectivity index (χ4n) is 7.10. The normalized spacial score (nSPS) is 21.5. The molecule has 1 aliphatic heterocycles. The number of nitrogens with zero attached hydrogens (tertiary/aromatic N) is 3.